The molecule has 0 aromatic heterocycles. The van der Waals surface area contributed by atoms with Crippen LogP contribution in [0.25, 0.3) is 0 Å². The average Bonchev–Trinajstić information content (AvgIpc) is 2.30. The third-order valence-electron chi connectivity index (χ3n) is 2.92. The molecular formula is C12H29N3O2S. The van der Waals surface area contributed by atoms with Crippen molar-refractivity contribution in [2.75, 3.05) is 39.5 Å². The first-order chi connectivity index (χ1) is 8.39. The van der Waals surface area contributed by atoms with Gasteiger partial charge in [-0.1, -0.05) is 6.92 Å². The van der Waals surface area contributed by atoms with E-state index in [4.69, 9.17) is 0 Å². The molecule has 5 nitrogen and oxygen atoms in total. The van der Waals surface area contributed by atoms with Crippen LogP contribution in [0.1, 0.15) is 33.1 Å². The zero-order chi connectivity index (χ0) is 14.0. The van der Waals surface area contributed by atoms with Gasteiger partial charge in [0.05, 0.1) is 5.75 Å². The van der Waals surface area contributed by atoms with Crippen LogP contribution in [0.15, 0.2) is 0 Å². The summed E-state index contributed by atoms with van der Waals surface area (Å²) in [5.74, 6) is 0.223. The summed E-state index contributed by atoms with van der Waals surface area (Å²) in [6.07, 6.45) is 2.73. The van der Waals surface area contributed by atoms with Crippen LogP contribution in [-0.2, 0) is 10.0 Å². The van der Waals surface area contributed by atoms with E-state index in [1.807, 2.05) is 25.9 Å². The molecule has 0 amide bonds. The van der Waals surface area contributed by atoms with Gasteiger partial charge in [0.25, 0.3) is 0 Å². The molecule has 0 aliphatic heterocycles. The Balaban J connectivity index is 3.68. The van der Waals surface area contributed by atoms with E-state index < -0.39 is 10.0 Å². The fraction of sp³-hybridized carbons (Fsp3) is 1.00. The van der Waals surface area contributed by atoms with Crippen LogP contribution in [0.3, 0.4) is 0 Å². The van der Waals surface area contributed by atoms with E-state index in [9.17, 15) is 8.42 Å². The zero-order valence-electron chi connectivity index (χ0n) is 12.2. The number of unbranched alkanes of at least 4 members (excludes halogenated alkanes) is 1. The van der Waals surface area contributed by atoms with Crippen LogP contribution >= 0.6 is 0 Å². The van der Waals surface area contributed by atoms with Gasteiger partial charge in [-0.25, -0.2) is 13.1 Å². The first kappa shape index (κ1) is 17.8. The minimum absolute atomic E-state index is 0.214. The molecule has 0 saturated heterocycles. The summed E-state index contributed by atoms with van der Waals surface area (Å²) < 4.78 is 26.0. The maximum atomic E-state index is 11.7. The number of hydrogen-bond donors (Lipinski definition) is 2. The Kier molecular flexibility index (Phi) is 9.63. The highest BCUT2D eigenvalue weighted by molar-refractivity contribution is 7.89. The highest BCUT2D eigenvalue weighted by Gasteiger charge is 2.12. The van der Waals surface area contributed by atoms with Crippen LogP contribution in [-0.4, -0.2) is 58.8 Å². The van der Waals surface area contributed by atoms with E-state index in [-0.39, 0.29) is 11.8 Å². The molecular weight excluding hydrogens is 250 g/mol. The minimum atomic E-state index is -3.11. The van der Waals surface area contributed by atoms with Gasteiger partial charge in [-0.2, -0.15) is 0 Å². The summed E-state index contributed by atoms with van der Waals surface area (Å²) >= 11 is 0. The first-order valence-corrected chi connectivity index (χ1v) is 8.38. The van der Waals surface area contributed by atoms with E-state index in [0.29, 0.717) is 13.0 Å². The number of hydrogen-bond acceptors (Lipinski definition) is 4. The van der Waals surface area contributed by atoms with Crippen molar-refractivity contribution in [1.82, 2.24) is 14.9 Å². The smallest absolute Gasteiger partial charge is 0.211 e. The lowest BCUT2D eigenvalue weighted by Gasteiger charge is -2.19. The van der Waals surface area contributed by atoms with E-state index in [1.165, 1.54) is 0 Å². The van der Waals surface area contributed by atoms with Gasteiger partial charge in [-0.05, 0) is 53.4 Å². The molecule has 1 unspecified atom stereocenters. The third-order valence-corrected chi connectivity index (χ3v) is 4.36. The maximum absolute atomic E-state index is 11.7. The quantitative estimate of drug-likeness (QED) is 0.545. The van der Waals surface area contributed by atoms with Gasteiger partial charge in [0.2, 0.25) is 10.0 Å². The summed E-state index contributed by atoms with van der Waals surface area (Å²) in [5, 5.41) is 3.26. The molecule has 0 saturated carbocycles. The fourth-order valence-electron chi connectivity index (χ4n) is 1.35. The lowest BCUT2D eigenvalue weighted by atomic mass is 10.3. The third kappa shape index (κ3) is 9.82. The van der Waals surface area contributed by atoms with E-state index in [1.54, 1.807) is 0 Å². The maximum Gasteiger partial charge on any atom is 0.211 e. The van der Waals surface area contributed by atoms with Gasteiger partial charge >= 0.3 is 0 Å². The summed E-state index contributed by atoms with van der Waals surface area (Å²) in [5.41, 5.74) is 0. The molecule has 0 aromatic rings. The first-order valence-electron chi connectivity index (χ1n) is 6.73. The molecule has 1 atom stereocenters. The van der Waals surface area contributed by atoms with Gasteiger partial charge in [-0.15, -0.1) is 0 Å². The van der Waals surface area contributed by atoms with Gasteiger partial charge in [-0.3, -0.25) is 0 Å². The molecule has 18 heavy (non-hydrogen) atoms. The Morgan fingerprint density at radius 1 is 1.17 bits per heavy atom. The molecule has 0 aromatic carbocycles. The van der Waals surface area contributed by atoms with Gasteiger partial charge in [0, 0.05) is 12.6 Å². The van der Waals surface area contributed by atoms with Crippen molar-refractivity contribution >= 4 is 10.0 Å². The monoisotopic (exact) mass is 279 g/mol. The summed E-state index contributed by atoms with van der Waals surface area (Å²) in [4.78, 5) is 2.00. The second-order valence-electron chi connectivity index (χ2n) is 4.94. The second kappa shape index (κ2) is 9.72. The molecule has 6 heteroatoms. The number of likely N-dealkylation sites (N-methyl/N-ethyl adjacent to an activating group) is 1. The molecule has 0 aliphatic carbocycles. The van der Waals surface area contributed by atoms with Crippen molar-refractivity contribution in [3.8, 4) is 0 Å². The molecule has 110 valence electrons. The van der Waals surface area contributed by atoms with Crippen LogP contribution in [0.2, 0.25) is 0 Å². The zero-order valence-corrected chi connectivity index (χ0v) is 13.0. The van der Waals surface area contributed by atoms with Crippen LogP contribution < -0.4 is 10.0 Å². The largest absolute Gasteiger partial charge is 0.317 e. The Hall–Kier alpha value is -0.170. The van der Waals surface area contributed by atoms with E-state index in [2.05, 4.69) is 17.0 Å². The van der Waals surface area contributed by atoms with E-state index in [0.717, 1.165) is 25.9 Å². The molecule has 0 bridgehead atoms. The lowest BCUT2D eigenvalue weighted by Crippen LogP contribution is -2.39. The van der Waals surface area contributed by atoms with Crippen molar-refractivity contribution < 1.29 is 8.42 Å². The Labute approximate surface area is 112 Å². The van der Waals surface area contributed by atoms with E-state index >= 15 is 0 Å². The molecule has 0 spiro atoms. The summed E-state index contributed by atoms with van der Waals surface area (Å²) in [6, 6.07) is 0.214. The van der Waals surface area contributed by atoms with Gasteiger partial charge < -0.3 is 10.2 Å². The van der Waals surface area contributed by atoms with Crippen molar-refractivity contribution in [3.05, 3.63) is 0 Å². The average molecular weight is 279 g/mol. The van der Waals surface area contributed by atoms with Crippen LogP contribution in [0.4, 0.5) is 0 Å². The predicted molar refractivity (Wildman–Crippen MR) is 77.3 cm³/mol. The Morgan fingerprint density at radius 3 is 2.39 bits per heavy atom. The number of sulfonamides is 1. The molecule has 0 rings (SSSR count). The van der Waals surface area contributed by atoms with Crippen molar-refractivity contribution in [2.24, 2.45) is 0 Å². The second-order valence-corrected chi connectivity index (χ2v) is 6.86. The molecule has 0 fully saturated rings. The topological polar surface area (TPSA) is 61.4 Å². The highest BCUT2D eigenvalue weighted by Crippen LogP contribution is 1.96. The predicted octanol–water partition coefficient (Wildman–Crippen LogP) is 0.636. The summed E-state index contributed by atoms with van der Waals surface area (Å²) in [7, 11) is 0.778. The van der Waals surface area contributed by atoms with Gasteiger partial charge in [0.1, 0.15) is 0 Å². The number of nitrogens with one attached hydrogen (secondary N) is 2. The fourth-order valence-corrected chi connectivity index (χ4v) is 2.57. The molecule has 2 N–H and O–H groups in total. The molecule has 0 radical (unpaired) electrons. The van der Waals surface area contributed by atoms with Crippen LogP contribution in [0.5, 0.6) is 0 Å². The van der Waals surface area contributed by atoms with Gasteiger partial charge in [0.15, 0.2) is 0 Å². The summed E-state index contributed by atoms with van der Waals surface area (Å²) in [6.45, 7) is 6.50. The van der Waals surface area contributed by atoms with Crippen LogP contribution in [0, 0.1) is 0 Å². The van der Waals surface area contributed by atoms with Crippen molar-refractivity contribution in [1.29, 1.82) is 0 Å². The lowest BCUT2D eigenvalue weighted by molar-refractivity contribution is 0.314. The number of nitrogens with zero attached hydrogens (tertiary/aromatic N) is 1. The molecule has 0 aliphatic rings. The van der Waals surface area contributed by atoms with Crippen molar-refractivity contribution in [2.45, 2.75) is 39.2 Å². The normalized spacial score (nSPS) is 14.1. The SMILES string of the molecule is CCCNCCCCS(=O)(=O)NCC(C)N(C)C. The minimum Gasteiger partial charge on any atom is -0.317 e. The molecule has 0 heterocycles. The number of rotatable bonds is 11. The highest BCUT2D eigenvalue weighted by atomic mass is 32.2. The Bertz CT molecular complexity index is 292. The van der Waals surface area contributed by atoms with Crippen molar-refractivity contribution in [3.63, 3.8) is 0 Å². The Morgan fingerprint density at radius 2 is 1.83 bits per heavy atom. The standard InChI is InChI=1S/C12H29N3O2S/c1-5-8-13-9-6-7-10-18(16,17)14-11-12(2)15(3)4/h12-14H,5-11H2,1-4H3.